The minimum absolute atomic E-state index is 0.338. The van der Waals surface area contributed by atoms with Crippen molar-refractivity contribution < 1.29 is 9.53 Å². The van der Waals surface area contributed by atoms with Crippen LogP contribution in [0.15, 0.2) is 54.7 Å². The lowest BCUT2D eigenvalue weighted by Gasteiger charge is -2.11. The van der Waals surface area contributed by atoms with Crippen LogP contribution in [0.3, 0.4) is 0 Å². The van der Waals surface area contributed by atoms with Crippen molar-refractivity contribution in [3.05, 3.63) is 65.9 Å². The second-order valence-electron chi connectivity index (χ2n) is 5.81. The van der Waals surface area contributed by atoms with Gasteiger partial charge in [0.2, 0.25) is 5.91 Å². The molecule has 124 valence electrons. The van der Waals surface area contributed by atoms with Crippen molar-refractivity contribution in [3.8, 4) is 5.75 Å². The van der Waals surface area contributed by atoms with Crippen LogP contribution in [0, 0.1) is 0 Å². The number of nitrogens with two attached hydrogens (primary N) is 1. The van der Waals surface area contributed by atoms with Crippen molar-refractivity contribution in [3.63, 3.8) is 0 Å². The van der Waals surface area contributed by atoms with Crippen LogP contribution < -0.4 is 15.8 Å². The summed E-state index contributed by atoms with van der Waals surface area (Å²) in [5.74, 6) is 0.522. The summed E-state index contributed by atoms with van der Waals surface area (Å²) in [6.07, 6.45) is 1.91. The molecule has 0 aliphatic rings. The Balaban J connectivity index is 1.58. The van der Waals surface area contributed by atoms with E-state index in [4.69, 9.17) is 10.5 Å². The summed E-state index contributed by atoms with van der Waals surface area (Å²) >= 11 is 0. The van der Waals surface area contributed by atoms with Crippen LogP contribution in [-0.2, 0) is 17.9 Å². The fourth-order valence-electron chi connectivity index (χ4n) is 2.47. The molecule has 0 aliphatic heterocycles. The number of benzene rings is 2. The third-order valence-electron chi connectivity index (χ3n) is 4.01. The molecule has 0 spiro atoms. The van der Waals surface area contributed by atoms with Crippen LogP contribution in [0.4, 0.5) is 0 Å². The summed E-state index contributed by atoms with van der Waals surface area (Å²) in [7, 11) is 0. The van der Waals surface area contributed by atoms with Gasteiger partial charge in [0.1, 0.15) is 12.4 Å². The lowest BCUT2D eigenvalue weighted by atomic mass is 10.1. The number of hydrogen-bond donors (Lipinski definition) is 3. The number of ether oxygens (including phenoxy) is 1. The van der Waals surface area contributed by atoms with E-state index in [0.717, 1.165) is 27.8 Å². The Morgan fingerprint density at radius 1 is 1.17 bits per heavy atom. The summed E-state index contributed by atoms with van der Waals surface area (Å²) in [6.45, 7) is 2.87. The number of carbonyl (C=O) groups is 1. The van der Waals surface area contributed by atoms with Crippen LogP contribution in [0.5, 0.6) is 5.75 Å². The highest BCUT2D eigenvalue weighted by Gasteiger charge is 2.07. The Bertz CT molecular complexity index is 824. The topological polar surface area (TPSA) is 80.1 Å². The number of nitrogens with one attached hydrogen (secondary N) is 2. The minimum Gasteiger partial charge on any atom is -0.488 e. The van der Waals surface area contributed by atoms with Crippen LogP contribution in [0.25, 0.3) is 10.9 Å². The van der Waals surface area contributed by atoms with Crippen molar-refractivity contribution in [2.75, 3.05) is 0 Å². The zero-order valence-corrected chi connectivity index (χ0v) is 13.6. The largest absolute Gasteiger partial charge is 0.488 e. The monoisotopic (exact) mass is 323 g/mol. The molecule has 0 unspecified atom stereocenters. The molecule has 3 rings (SSSR count). The van der Waals surface area contributed by atoms with E-state index in [1.54, 1.807) is 6.92 Å². The summed E-state index contributed by atoms with van der Waals surface area (Å²) in [4.78, 5) is 14.2. The molecule has 3 aromatic rings. The van der Waals surface area contributed by atoms with E-state index in [1.807, 2.05) is 54.7 Å². The molecule has 0 fully saturated rings. The fraction of sp³-hybridized carbons (Fsp3) is 0.211. The van der Waals surface area contributed by atoms with Crippen molar-refractivity contribution in [1.29, 1.82) is 0 Å². The average molecular weight is 323 g/mol. The van der Waals surface area contributed by atoms with Gasteiger partial charge in [0.15, 0.2) is 0 Å². The van der Waals surface area contributed by atoms with E-state index in [-0.39, 0.29) is 11.9 Å². The number of aromatic amines is 1. The van der Waals surface area contributed by atoms with Gasteiger partial charge in [-0.25, -0.2) is 0 Å². The van der Waals surface area contributed by atoms with Gasteiger partial charge in [-0.3, -0.25) is 4.79 Å². The number of aromatic nitrogens is 1. The van der Waals surface area contributed by atoms with E-state index in [0.29, 0.717) is 13.2 Å². The number of carbonyl (C=O) groups excluding carboxylic acids is 1. The number of H-pyrrole nitrogens is 1. The van der Waals surface area contributed by atoms with Crippen molar-refractivity contribution in [2.45, 2.75) is 26.1 Å². The Kier molecular flexibility index (Phi) is 4.82. The smallest absolute Gasteiger partial charge is 0.234 e. The fourth-order valence-corrected chi connectivity index (χ4v) is 2.47. The molecule has 4 N–H and O–H groups in total. The van der Waals surface area contributed by atoms with Gasteiger partial charge in [-0.05, 0) is 36.2 Å². The van der Waals surface area contributed by atoms with E-state index in [1.165, 1.54) is 0 Å². The number of rotatable bonds is 7. The number of primary amides is 1. The molecule has 0 saturated carbocycles. The predicted molar refractivity (Wildman–Crippen MR) is 94.6 cm³/mol. The Morgan fingerprint density at radius 3 is 2.67 bits per heavy atom. The molecule has 5 nitrogen and oxygen atoms in total. The first-order valence-electron chi connectivity index (χ1n) is 7.93. The SMILES string of the molecule is C[C@@H](NCc1ccc(COc2cccc3[nH]ccc23)cc1)C(N)=O. The van der Waals surface area contributed by atoms with Gasteiger partial charge < -0.3 is 20.8 Å². The highest BCUT2D eigenvalue weighted by Crippen LogP contribution is 2.25. The summed E-state index contributed by atoms with van der Waals surface area (Å²) in [6, 6.07) is 15.8. The molecule has 2 aromatic carbocycles. The van der Waals surface area contributed by atoms with Gasteiger partial charge in [0, 0.05) is 23.6 Å². The maximum atomic E-state index is 11.0. The van der Waals surface area contributed by atoms with Gasteiger partial charge in [0.05, 0.1) is 6.04 Å². The van der Waals surface area contributed by atoms with Crippen LogP contribution >= 0.6 is 0 Å². The van der Waals surface area contributed by atoms with Crippen molar-refractivity contribution >= 4 is 16.8 Å². The minimum atomic E-state index is -0.348. The molecule has 0 aliphatic carbocycles. The molecular formula is C19H21N3O2. The summed E-state index contributed by atoms with van der Waals surface area (Å²) < 4.78 is 5.94. The molecular weight excluding hydrogens is 302 g/mol. The van der Waals surface area contributed by atoms with Gasteiger partial charge in [0.25, 0.3) is 0 Å². The van der Waals surface area contributed by atoms with Gasteiger partial charge >= 0.3 is 0 Å². The normalized spacial score (nSPS) is 12.2. The zero-order valence-electron chi connectivity index (χ0n) is 13.6. The molecule has 0 bridgehead atoms. The molecule has 1 amide bonds. The first-order chi connectivity index (χ1) is 11.6. The molecule has 1 aromatic heterocycles. The Morgan fingerprint density at radius 2 is 1.92 bits per heavy atom. The maximum absolute atomic E-state index is 11.0. The Hall–Kier alpha value is -2.79. The first kappa shape index (κ1) is 16.1. The molecule has 5 heteroatoms. The van der Waals surface area contributed by atoms with Crippen molar-refractivity contribution in [2.24, 2.45) is 5.73 Å². The van der Waals surface area contributed by atoms with E-state index in [9.17, 15) is 4.79 Å². The van der Waals surface area contributed by atoms with E-state index < -0.39 is 0 Å². The molecule has 24 heavy (non-hydrogen) atoms. The second-order valence-corrected chi connectivity index (χ2v) is 5.81. The third kappa shape index (κ3) is 3.75. The van der Waals surface area contributed by atoms with Crippen LogP contribution in [0.1, 0.15) is 18.1 Å². The highest BCUT2D eigenvalue weighted by atomic mass is 16.5. The van der Waals surface area contributed by atoms with Crippen LogP contribution in [-0.4, -0.2) is 16.9 Å². The summed E-state index contributed by atoms with van der Waals surface area (Å²) in [5, 5.41) is 4.17. The van der Waals surface area contributed by atoms with Gasteiger partial charge in [-0.1, -0.05) is 30.3 Å². The van der Waals surface area contributed by atoms with Crippen molar-refractivity contribution in [1.82, 2.24) is 10.3 Å². The molecule has 0 radical (unpaired) electrons. The predicted octanol–water partition coefficient (Wildman–Crippen LogP) is 2.71. The highest BCUT2D eigenvalue weighted by molar-refractivity contribution is 5.85. The number of fused-ring (bicyclic) bond motifs is 1. The average Bonchev–Trinajstić information content (AvgIpc) is 3.08. The van der Waals surface area contributed by atoms with Gasteiger partial charge in [-0.15, -0.1) is 0 Å². The van der Waals surface area contributed by atoms with E-state index in [2.05, 4.69) is 10.3 Å². The zero-order chi connectivity index (χ0) is 16.9. The number of hydrogen-bond acceptors (Lipinski definition) is 3. The lowest BCUT2D eigenvalue weighted by molar-refractivity contribution is -0.119. The van der Waals surface area contributed by atoms with Crippen LogP contribution in [0.2, 0.25) is 0 Å². The molecule has 0 saturated heterocycles. The number of amides is 1. The third-order valence-corrected chi connectivity index (χ3v) is 4.01. The molecule has 1 atom stereocenters. The second kappa shape index (κ2) is 7.19. The maximum Gasteiger partial charge on any atom is 0.234 e. The lowest BCUT2D eigenvalue weighted by Crippen LogP contribution is -2.38. The summed E-state index contributed by atoms with van der Waals surface area (Å²) in [5.41, 5.74) is 8.49. The standard InChI is InChI=1S/C19H21N3O2/c1-13(19(20)23)22-11-14-5-7-15(8-6-14)12-24-18-4-2-3-17-16(18)9-10-21-17/h2-10,13,21-22H,11-12H2,1H3,(H2,20,23)/t13-/m1/s1. The van der Waals surface area contributed by atoms with E-state index >= 15 is 0 Å². The molecule has 1 heterocycles. The first-order valence-corrected chi connectivity index (χ1v) is 7.93. The quantitative estimate of drug-likeness (QED) is 0.625. The van der Waals surface area contributed by atoms with Gasteiger partial charge in [-0.2, -0.15) is 0 Å². The Labute approximate surface area is 140 Å².